The smallest absolute Gasteiger partial charge is 0.358 e. The molecule has 0 atom stereocenters. The maximum Gasteiger partial charge on any atom is 0.358 e. The molecule has 0 fully saturated rings. The van der Waals surface area contributed by atoms with E-state index in [2.05, 4.69) is 51.5 Å². The Labute approximate surface area is 288 Å². The van der Waals surface area contributed by atoms with Crippen LogP contribution in [0, 0.1) is 12.7 Å². The zero-order valence-electron chi connectivity index (χ0n) is 28.2. The Kier molecular flexibility index (Phi) is 11.7. The number of aryl methyl sites for hydroxylation is 2. The molecule has 5 rings (SSSR count). The summed E-state index contributed by atoms with van der Waals surface area (Å²) in [4.78, 5) is 25.7. The van der Waals surface area contributed by atoms with Gasteiger partial charge in [0.05, 0.1) is 23.4 Å². The minimum atomic E-state index is -1.21. The molecular weight excluding hydrogens is 668 g/mol. The molecule has 0 spiro atoms. The highest BCUT2D eigenvalue weighted by Crippen LogP contribution is 2.32. The zero-order chi connectivity index (χ0) is 34.3. The standard InChI is InChI=1S/C34H41FN6O4S2Si/c1-7-44-32(42)30-28(17-12-18-45-26-15-10-8-13-24(26)35)47-33(36-30)40(3)29-21-23(2)31(39-38-29)37-34-41(22-43-19-20-48(4,5)6)25-14-9-11-16-27(25)46-34/h8-11,13-16,21H,7,12,17-20,22H2,1-6H3. The van der Waals surface area contributed by atoms with Crippen molar-refractivity contribution in [1.82, 2.24) is 19.7 Å². The van der Waals surface area contributed by atoms with Crippen molar-refractivity contribution in [3.05, 3.63) is 81.4 Å². The molecule has 0 aliphatic heterocycles. The summed E-state index contributed by atoms with van der Waals surface area (Å²) in [6.45, 7) is 12.4. The fourth-order valence-corrected chi connectivity index (χ4v) is 7.52. The molecule has 3 heterocycles. The quantitative estimate of drug-likeness (QED) is 0.0615. The Morgan fingerprint density at radius 2 is 1.83 bits per heavy atom. The van der Waals surface area contributed by atoms with Gasteiger partial charge in [-0.05, 0) is 68.6 Å². The van der Waals surface area contributed by atoms with Crippen molar-refractivity contribution in [3.63, 3.8) is 0 Å². The average Bonchev–Trinajstić information content (AvgIpc) is 3.64. The number of carbonyl (C=O) groups is 1. The van der Waals surface area contributed by atoms with Gasteiger partial charge in [0.15, 0.2) is 38.8 Å². The van der Waals surface area contributed by atoms with E-state index >= 15 is 0 Å². The van der Waals surface area contributed by atoms with Crippen LogP contribution in [-0.4, -0.2) is 60.7 Å². The number of hydrogen-bond acceptors (Lipinski definition) is 11. The third kappa shape index (κ3) is 8.92. The SMILES string of the molecule is CCOC(=O)c1nc(N(C)c2cc(C)c(N=c3sc4ccccc4n3COCC[Si](C)(C)C)nn2)sc1CCCOc1ccccc1F. The Morgan fingerprint density at radius 1 is 1.06 bits per heavy atom. The van der Waals surface area contributed by atoms with Crippen LogP contribution in [0.4, 0.5) is 21.2 Å². The molecule has 0 N–H and O–H groups in total. The van der Waals surface area contributed by atoms with Crippen LogP contribution >= 0.6 is 22.7 Å². The number of carbonyl (C=O) groups excluding carboxylic acids is 1. The molecule has 2 aromatic carbocycles. The Hall–Kier alpha value is -3.98. The molecule has 0 aliphatic carbocycles. The Balaban J connectivity index is 1.35. The number of fused-ring (bicyclic) bond motifs is 1. The van der Waals surface area contributed by atoms with Crippen molar-refractivity contribution in [2.24, 2.45) is 4.99 Å². The van der Waals surface area contributed by atoms with Gasteiger partial charge in [0.1, 0.15) is 6.73 Å². The van der Waals surface area contributed by atoms with Crippen LogP contribution in [0.25, 0.3) is 10.2 Å². The number of aromatic nitrogens is 4. The maximum atomic E-state index is 13.9. The molecule has 0 aliphatic rings. The fraction of sp³-hybridized carbons (Fsp3) is 0.382. The van der Waals surface area contributed by atoms with Gasteiger partial charge in [-0.15, -0.1) is 21.5 Å². The molecule has 5 aromatic rings. The first-order valence-corrected chi connectivity index (χ1v) is 21.2. The van der Waals surface area contributed by atoms with Gasteiger partial charge in [-0.3, -0.25) is 4.57 Å². The molecule has 14 heteroatoms. The van der Waals surface area contributed by atoms with E-state index in [9.17, 15) is 9.18 Å². The van der Waals surface area contributed by atoms with Crippen LogP contribution in [0.5, 0.6) is 5.75 Å². The number of esters is 1. The summed E-state index contributed by atoms with van der Waals surface area (Å²) >= 11 is 2.96. The number of para-hydroxylation sites is 2. The van der Waals surface area contributed by atoms with E-state index in [0.29, 0.717) is 42.9 Å². The number of anilines is 2. The molecule has 0 amide bonds. The lowest BCUT2D eigenvalue weighted by Gasteiger charge is -2.16. The van der Waals surface area contributed by atoms with Gasteiger partial charge >= 0.3 is 5.97 Å². The second-order valence-electron chi connectivity index (χ2n) is 12.4. The predicted molar refractivity (Wildman–Crippen MR) is 192 cm³/mol. The van der Waals surface area contributed by atoms with Crippen LogP contribution in [0.3, 0.4) is 0 Å². The normalized spacial score (nSPS) is 12.1. The molecule has 254 valence electrons. The van der Waals surface area contributed by atoms with Crippen molar-refractivity contribution < 1.29 is 23.4 Å². The molecular formula is C34H41FN6O4S2Si. The van der Waals surface area contributed by atoms with Crippen LogP contribution in [-0.2, 0) is 22.6 Å². The average molecular weight is 709 g/mol. The first-order chi connectivity index (χ1) is 23.0. The highest BCUT2D eigenvalue weighted by molar-refractivity contribution is 7.16. The van der Waals surface area contributed by atoms with Gasteiger partial charge in [0.25, 0.3) is 0 Å². The minimum Gasteiger partial charge on any atom is -0.491 e. The van der Waals surface area contributed by atoms with Gasteiger partial charge in [0, 0.05) is 26.6 Å². The number of ether oxygens (including phenoxy) is 3. The van der Waals surface area contributed by atoms with Crippen LogP contribution in [0.1, 0.15) is 34.3 Å². The van der Waals surface area contributed by atoms with Crippen LogP contribution < -0.4 is 14.4 Å². The summed E-state index contributed by atoms with van der Waals surface area (Å²) in [5.41, 5.74) is 2.16. The van der Waals surface area contributed by atoms with E-state index in [4.69, 9.17) is 19.2 Å². The largest absolute Gasteiger partial charge is 0.491 e. The number of halogens is 1. The van der Waals surface area contributed by atoms with E-state index in [1.807, 2.05) is 32.2 Å². The van der Waals surface area contributed by atoms with Gasteiger partial charge < -0.3 is 19.1 Å². The van der Waals surface area contributed by atoms with Crippen molar-refractivity contribution >= 4 is 63.7 Å². The van der Waals surface area contributed by atoms with Crippen LogP contribution in [0.2, 0.25) is 25.7 Å². The van der Waals surface area contributed by atoms with Gasteiger partial charge in [0.2, 0.25) is 0 Å². The highest BCUT2D eigenvalue weighted by atomic mass is 32.1. The number of rotatable bonds is 15. The van der Waals surface area contributed by atoms with Crippen molar-refractivity contribution in [2.75, 3.05) is 31.8 Å². The fourth-order valence-electron chi connectivity index (χ4n) is 4.68. The highest BCUT2D eigenvalue weighted by Gasteiger charge is 2.23. The molecule has 0 saturated carbocycles. The topological polar surface area (TPSA) is 104 Å². The molecule has 3 aromatic heterocycles. The molecule has 0 radical (unpaired) electrons. The third-order valence-corrected chi connectivity index (χ3v) is 11.3. The Morgan fingerprint density at radius 3 is 2.58 bits per heavy atom. The van der Waals surface area contributed by atoms with Gasteiger partial charge in [-0.25, -0.2) is 14.2 Å². The first-order valence-electron chi connectivity index (χ1n) is 15.9. The van der Waals surface area contributed by atoms with E-state index in [1.54, 1.807) is 41.4 Å². The lowest BCUT2D eigenvalue weighted by molar-refractivity contribution is 0.0519. The zero-order valence-corrected chi connectivity index (χ0v) is 30.8. The second-order valence-corrected chi connectivity index (χ2v) is 20.1. The van der Waals surface area contributed by atoms with Crippen molar-refractivity contribution in [3.8, 4) is 5.75 Å². The summed E-state index contributed by atoms with van der Waals surface area (Å²) in [6.07, 6.45) is 1.07. The van der Waals surface area contributed by atoms with E-state index in [1.165, 1.54) is 17.4 Å². The molecule has 10 nitrogen and oxygen atoms in total. The molecule has 48 heavy (non-hydrogen) atoms. The number of nitrogens with zero attached hydrogens (tertiary/aromatic N) is 6. The summed E-state index contributed by atoms with van der Waals surface area (Å²) in [5, 5.41) is 9.54. The third-order valence-electron chi connectivity index (χ3n) is 7.38. The monoisotopic (exact) mass is 708 g/mol. The minimum absolute atomic E-state index is 0.199. The van der Waals surface area contributed by atoms with Gasteiger partial charge in [-0.2, -0.15) is 4.99 Å². The lowest BCUT2D eigenvalue weighted by Crippen LogP contribution is -2.23. The van der Waals surface area contributed by atoms with E-state index in [0.717, 1.165) is 31.5 Å². The summed E-state index contributed by atoms with van der Waals surface area (Å²) in [5.74, 6) is 0.368. The van der Waals surface area contributed by atoms with Crippen molar-refractivity contribution in [2.45, 2.75) is 59.1 Å². The summed E-state index contributed by atoms with van der Waals surface area (Å²) in [6, 6.07) is 17.5. The summed E-state index contributed by atoms with van der Waals surface area (Å²) < 4.78 is 34.1. The van der Waals surface area contributed by atoms with Gasteiger partial charge in [-0.1, -0.05) is 55.2 Å². The lowest BCUT2D eigenvalue weighted by atomic mass is 10.2. The number of benzene rings is 2. The predicted octanol–water partition coefficient (Wildman–Crippen LogP) is 7.90. The first kappa shape index (κ1) is 35.3. The van der Waals surface area contributed by atoms with E-state index in [-0.39, 0.29) is 24.7 Å². The van der Waals surface area contributed by atoms with Crippen LogP contribution in [0.15, 0.2) is 59.6 Å². The number of hydrogen-bond donors (Lipinski definition) is 0. The van der Waals surface area contributed by atoms with Crippen molar-refractivity contribution in [1.29, 1.82) is 0 Å². The molecule has 0 saturated heterocycles. The molecule has 0 unspecified atom stereocenters. The maximum absolute atomic E-state index is 13.9. The van der Waals surface area contributed by atoms with E-state index < -0.39 is 19.9 Å². The Bertz CT molecular complexity index is 1940. The summed E-state index contributed by atoms with van der Waals surface area (Å²) in [7, 11) is 0.623. The number of thiazole rings is 2. The second kappa shape index (κ2) is 15.9. The molecule has 0 bridgehead atoms.